The summed E-state index contributed by atoms with van der Waals surface area (Å²) in [6.07, 6.45) is 0.720. The molecule has 0 spiro atoms. The number of ether oxygens (including phenoxy) is 1. The Labute approximate surface area is 158 Å². The summed E-state index contributed by atoms with van der Waals surface area (Å²) in [6.45, 7) is 0.229. The molecular weight excluding hydrogens is 374 g/mol. The van der Waals surface area contributed by atoms with Crippen LogP contribution in [0.25, 0.3) is 10.4 Å². The van der Waals surface area contributed by atoms with Crippen LogP contribution in [0.2, 0.25) is 0 Å². The van der Waals surface area contributed by atoms with Crippen LogP contribution in [0.5, 0.6) is 11.5 Å². The molecule has 140 valence electrons. The molecule has 2 aromatic rings. The van der Waals surface area contributed by atoms with Crippen LogP contribution in [0.4, 0.5) is 8.78 Å². The van der Waals surface area contributed by atoms with Gasteiger partial charge in [-0.05, 0) is 35.4 Å². The topological polar surface area (TPSA) is 87.1 Å². The molecule has 1 aliphatic rings. The third kappa shape index (κ3) is 5.12. The van der Waals surface area contributed by atoms with E-state index in [4.69, 9.17) is 10.3 Å². The number of rotatable bonds is 5. The summed E-state index contributed by atoms with van der Waals surface area (Å²) in [5.74, 6) is -0.370. The molecule has 1 amide bonds. The van der Waals surface area contributed by atoms with Crippen molar-refractivity contribution < 1.29 is 18.3 Å². The van der Waals surface area contributed by atoms with E-state index in [0.29, 0.717) is 5.75 Å². The zero-order valence-electron chi connectivity index (χ0n) is 14.1. The molecule has 1 N–H and O–H groups in total. The number of amides is 1. The molecule has 3 rings (SSSR count). The average molecular weight is 390 g/mol. The van der Waals surface area contributed by atoms with Crippen molar-refractivity contribution in [3.63, 3.8) is 0 Å². The zero-order chi connectivity index (χ0) is 19.2. The fourth-order valence-electron chi connectivity index (χ4n) is 2.71. The van der Waals surface area contributed by atoms with E-state index >= 15 is 0 Å². The lowest BCUT2D eigenvalue weighted by molar-refractivity contribution is -0.121. The van der Waals surface area contributed by atoms with Crippen molar-refractivity contribution in [2.24, 2.45) is 5.11 Å². The van der Waals surface area contributed by atoms with Crippen molar-refractivity contribution in [3.8, 4) is 11.5 Å². The minimum atomic E-state index is -0.719. The van der Waals surface area contributed by atoms with Gasteiger partial charge in [0.2, 0.25) is 5.91 Å². The Morgan fingerprint density at radius 1 is 1.19 bits per heavy atom. The Hall–Kier alpha value is -2.77. The molecule has 2 aromatic carbocycles. The van der Waals surface area contributed by atoms with Crippen molar-refractivity contribution in [2.75, 3.05) is 12.3 Å². The molecule has 0 unspecified atom stereocenters. The highest BCUT2D eigenvalue weighted by Gasteiger charge is 2.27. The number of azide groups is 1. The van der Waals surface area contributed by atoms with Crippen LogP contribution in [0.15, 0.2) is 47.6 Å². The summed E-state index contributed by atoms with van der Waals surface area (Å²) in [6, 6.07) is 9.57. The van der Waals surface area contributed by atoms with Crippen LogP contribution in [-0.2, 0) is 4.79 Å². The van der Waals surface area contributed by atoms with Gasteiger partial charge in [-0.2, -0.15) is 0 Å². The second kappa shape index (κ2) is 8.75. The van der Waals surface area contributed by atoms with Crippen molar-refractivity contribution in [2.45, 2.75) is 17.7 Å². The third-order valence-electron chi connectivity index (χ3n) is 3.96. The predicted octanol–water partition coefficient (Wildman–Crippen LogP) is 4.73. The zero-order valence-corrected chi connectivity index (χ0v) is 15.0. The fraction of sp³-hybridized carbons (Fsp3) is 0.278. The maximum absolute atomic E-state index is 13.2. The fourth-order valence-corrected chi connectivity index (χ4v) is 3.93. The van der Waals surface area contributed by atoms with E-state index in [1.54, 1.807) is 24.3 Å². The highest BCUT2D eigenvalue weighted by molar-refractivity contribution is 8.00. The highest BCUT2D eigenvalue weighted by atomic mass is 32.2. The molecule has 0 aromatic heterocycles. The van der Waals surface area contributed by atoms with E-state index in [9.17, 15) is 13.6 Å². The molecule has 0 aliphatic carbocycles. The molecule has 27 heavy (non-hydrogen) atoms. The first kappa shape index (κ1) is 19.0. The lowest BCUT2D eigenvalue weighted by atomic mass is 10.1. The molecule has 2 atom stereocenters. The Balaban J connectivity index is 1.69. The molecular formula is C18H16F2N4O2S. The molecule has 0 saturated carbocycles. The number of carbonyl (C=O) groups is 1. The first-order valence-electron chi connectivity index (χ1n) is 8.22. The van der Waals surface area contributed by atoms with Gasteiger partial charge in [-0.1, -0.05) is 17.2 Å². The third-order valence-corrected chi connectivity index (χ3v) is 5.25. The first-order chi connectivity index (χ1) is 13.0. The van der Waals surface area contributed by atoms with Crippen molar-refractivity contribution >= 4 is 17.7 Å². The van der Waals surface area contributed by atoms with Gasteiger partial charge in [0.25, 0.3) is 0 Å². The van der Waals surface area contributed by atoms with Gasteiger partial charge in [0, 0.05) is 35.7 Å². The average Bonchev–Trinajstić information content (AvgIpc) is 2.81. The van der Waals surface area contributed by atoms with Crippen LogP contribution in [0.3, 0.4) is 0 Å². The van der Waals surface area contributed by atoms with E-state index in [-0.39, 0.29) is 29.5 Å². The summed E-state index contributed by atoms with van der Waals surface area (Å²) < 4.78 is 31.9. The Morgan fingerprint density at radius 3 is 2.56 bits per heavy atom. The molecule has 6 nitrogen and oxygen atoms in total. The van der Waals surface area contributed by atoms with Crippen LogP contribution in [0.1, 0.15) is 17.2 Å². The number of nitrogens with one attached hydrogen (secondary N) is 1. The lowest BCUT2D eigenvalue weighted by Gasteiger charge is -2.16. The minimum Gasteiger partial charge on any atom is -0.457 e. The summed E-state index contributed by atoms with van der Waals surface area (Å²) in [5.41, 5.74) is 9.20. The van der Waals surface area contributed by atoms with E-state index in [0.717, 1.165) is 35.9 Å². The molecule has 0 bridgehead atoms. The van der Waals surface area contributed by atoms with Crippen molar-refractivity contribution in [1.29, 1.82) is 0 Å². The van der Waals surface area contributed by atoms with E-state index < -0.39 is 11.6 Å². The Bertz CT molecular complexity index is 852. The largest absolute Gasteiger partial charge is 0.457 e. The van der Waals surface area contributed by atoms with Crippen molar-refractivity contribution in [1.82, 2.24) is 5.32 Å². The minimum absolute atomic E-state index is 0.0581. The van der Waals surface area contributed by atoms with Gasteiger partial charge in [0.05, 0.1) is 0 Å². The van der Waals surface area contributed by atoms with Gasteiger partial charge in [-0.15, -0.1) is 11.8 Å². The predicted molar refractivity (Wildman–Crippen MR) is 98.6 cm³/mol. The standard InChI is InChI=1S/C18H16F2N4O2S/c19-12-7-13(20)9-16(8-12)26-15-3-1-11(2-4-15)17-18(25)23-14(5-6-27-17)10-22-24-21/h1-4,7-9,14,17H,5-6,10H2,(H,23,25)/t14-,17+/m0/s1. The Morgan fingerprint density at radius 2 is 1.89 bits per heavy atom. The van der Waals surface area contributed by atoms with Gasteiger partial charge in [-0.3, -0.25) is 4.79 Å². The summed E-state index contributed by atoms with van der Waals surface area (Å²) >= 11 is 1.51. The SMILES string of the molecule is [N-]=[N+]=NC[C@@H]1CCS[C@H](c2ccc(Oc3cc(F)cc(F)c3)cc2)C(=O)N1. The van der Waals surface area contributed by atoms with Crippen LogP contribution < -0.4 is 10.1 Å². The number of hydrogen-bond acceptors (Lipinski definition) is 4. The number of nitrogens with zero attached hydrogens (tertiary/aromatic N) is 3. The smallest absolute Gasteiger partial charge is 0.237 e. The molecule has 1 fully saturated rings. The Kier molecular flexibility index (Phi) is 6.16. The molecule has 0 radical (unpaired) electrons. The summed E-state index contributed by atoms with van der Waals surface area (Å²) in [4.78, 5) is 15.2. The molecule has 9 heteroatoms. The summed E-state index contributed by atoms with van der Waals surface area (Å²) in [7, 11) is 0. The lowest BCUT2D eigenvalue weighted by Crippen LogP contribution is -2.37. The van der Waals surface area contributed by atoms with E-state index in [2.05, 4.69) is 15.3 Å². The number of carbonyl (C=O) groups excluding carboxylic acids is 1. The van der Waals surface area contributed by atoms with Crippen molar-refractivity contribution in [3.05, 3.63) is 70.1 Å². The maximum Gasteiger partial charge on any atom is 0.237 e. The highest BCUT2D eigenvalue weighted by Crippen LogP contribution is 2.34. The summed E-state index contributed by atoms with van der Waals surface area (Å²) in [5, 5.41) is 6.02. The number of benzene rings is 2. The van der Waals surface area contributed by atoms with Crippen LogP contribution in [-0.4, -0.2) is 24.2 Å². The van der Waals surface area contributed by atoms with E-state index in [1.807, 2.05) is 0 Å². The normalized spacial score (nSPS) is 19.6. The number of hydrogen-bond donors (Lipinski definition) is 1. The second-order valence-corrected chi connectivity index (χ2v) is 7.15. The van der Waals surface area contributed by atoms with Gasteiger partial charge < -0.3 is 10.1 Å². The number of halogens is 2. The number of thioether (sulfide) groups is 1. The van der Waals surface area contributed by atoms with E-state index in [1.165, 1.54) is 11.8 Å². The van der Waals surface area contributed by atoms with Crippen LogP contribution >= 0.6 is 11.8 Å². The monoisotopic (exact) mass is 390 g/mol. The van der Waals surface area contributed by atoms with Gasteiger partial charge in [0.15, 0.2) is 0 Å². The van der Waals surface area contributed by atoms with Gasteiger partial charge in [0.1, 0.15) is 28.4 Å². The first-order valence-corrected chi connectivity index (χ1v) is 9.27. The molecule has 1 saturated heterocycles. The maximum atomic E-state index is 13.2. The quantitative estimate of drug-likeness (QED) is 0.455. The van der Waals surface area contributed by atoms with Gasteiger partial charge >= 0.3 is 0 Å². The molecule has 1 aliphatic heterocycles. The molecule has 1 heterocycles. The second-order valence-electron chi connectivity index (χ2n) is 5.93. The van der Waals surface area contributed by atoms with Gasteiger partial charge in [-0.25, -0.2) is 8.78 Å². The van der Waals surface area contributed by atoms with Crippen LogP contribution in [0, 0.1) is 11.6 Å².